The molecule has 1 aliphatic heterocycles. The SMILES string of the molecule is CCN(CC(=O)NCc1ccc(F)cc1)C(=O)C1=NN(c2cc(C)ccc2C)C(=O)CC1. The summed E-state index contributed by atoms with van der Waals surface area (Å²) in [5.74, 6) is -1.21. The first-order chi connectivity index (χ1) is 15.3. The molecule has 0 spiro atoms. The first kappa shape index (κ1) is 23.1. The highest BCUT2D eigenvalue weighted by Crippen LogP contribution is 2.25. The Morgan fingerprint density at radius 3 is 2.53 bits per heavy atom. The Labute approximate surface area is 186 Å². The summed E-state index contributed by atoms with van der Waals surface area (Å²) < 4.78 is 13.0. The Morgan fingerprint density at radius 2 is 1.84 bits per heavy atom. The van der Waals surface area contributed by atoms with E-state index < -0.39 is 0 Å². The van der Waals surface area contributed by atoms with Crippen LogP contribution in [-0.2, 0) is 20.9 Å². The van der Waals surface area contributed by atoms with Crippen molar-refractivity contribution in [3.63, 3.8) is 0 Å². The molecule has 1 N–H and O–H groups in total. The number of benzene rings is 2. The second kappa shape index (κ2) is 10.2. The number of hydrogen-bond acceptors (Lipinski definition) is 4. The number of hydrogen-bond donors (Lipinski definition) is 1. The molecule has 1 heterocycles. The highest BCUT2D eigenvalue weighted by atomic mass is 19.1. The molecule has 2 aromatic carbocycles. The first-order valence-electron chi connectivity index (χ1n) is 10.6. The van der Waals surface area contributed by atoms with Gasteiger partial charge in [0.05, 0.1) is 12.2 Å². The van der Waals surface area contributed by atoms with Crippen LogP contribution in [0.3, 0.4) is 0 Å². The number of aryl methyl sites for hydroxylation is 2. The molecular formula is C24H27FN4O3. The van der Waals surface area contributed by atoms with Gasteiger partial charge in [-0.25, -0.2) is 9.40 Å². The van der Waals surface area contributed by atoms with Crippen LogP contribution in [0.1, 0.15) is 36.5 Å². The molecule has 168 valence electrons. The highest BCUT2D eigenvalue weighted by Gasteiger charge is 2.29. The van der Waals surface area contributed by atoms with Gasteiger partial charge in [-0.1, -0.05) is 24.3 Å². The van der Waals surface area contributed by atoms with Crippen molar-refractivity contribution in [3.05, 3.63) is 65.0 Å². The van der Waals surface area contributed by atoms with Crippen LogP contribution in [0.4, 0.5) is 10.1 Å². The molecule has 0 radical (unpaired) electrons. The number of amides is 3. The summed E-state index contributed by atoms with van der Waals surface area (Å²) in [6.45, 7) is 6.02. The summed E-state index contributed by atoms with van der Waals surface area (Å²) in [6.07, 6.45) is 0.402. The molecule has 0 unspecified atom stereocenters. The molecule has 0 bridgehead atoms. The predicted molar refractivity (Wildman–Crippen MR) is 121 cm³/mol. The third kappa shape index (κ3) is 5.57. The van der Waals surface area contributed by atoms with Crippen molar-refractivity contribution in [2.24, 2.45) is 5.10 Å². The molecule has 0 aromatic heterocycles. The zero-order valence-corrected chi connectivity index (χ0v) is 18.5. The monoisotopic (exact) mass is 438 g/mol. The number of nitrogens with zero attached hydrogens (tertiary/aromatic N) is 3. The normalized spacial score (nSPS) is 13.6. The lowest BCUT2D eigenvalue weighted by Crippen LogP contribution is -2.45. The molecule has 32 heavy (non-hydrogen) atoms. The molecule has 1 aliphatic rings. The smallest absolute Gasteiger partial charge is 0.270 e. The van der Waals surface area contributed by atoms with Gasteiger partial charge >= 0.3 is 0 Å². The summed E-state index contributed by atoms with van der Waals surface area (Å²) in [5.41, 5.74) is 3.53. The number of rotatable bonds is 7. The third-order valence-corrected chi connectivity index (χ3v) is 5.28. The summed E-state index contributed by atoms with van der Waals surface area (Å²) in [5, 5.41) is 8.38. The average molecular weight is 439 g/mol. The van der Waals surface area contributed by atoms with Gasteiger partial charge in [0.2, 0.25) is 11.8 Å². The Hall–Kier alpha value is -3.55. The van der Waals surface area contributed by atoms with E-state index in [1.807, 2.05) is 32.0 Å². The van der Waals surface area contributed by atoms with E-state index in [1.165, 1.54) is 22.0 Å². The van der Waals surface area contributed by atoms with Crippen LogP contribution in [0.15, 0.2) is 47.6 Å². The van der Waals surface area contributed by atoms with E-state index >= 15 is 0 Å². The number of carbonyl (C=O) groups excluding carboxylic acids is 3. The van der Waals surface area contributed by atoms with E-state index in [1.54, 1.807) is 19.1 Å². The molecule has 0 saturated heterocycles. The van der Waals surface area contributed by atoms with Crippen LogP contribution in [0.25, 0.3) is 0 Å². The van der Waals surface area contributed by atoms with Gasteiger partial charge in [-0.05, 0) is 55.7 Å². The minimum absolute atomic E-state index is 0.132. The van der Waals surface area contributed by atoms with Gasteiger partial charge in [0.25, 0.3) is 5.91 Å². The maximum atomic E-state index is 13.0. The van der Waals surface area contributed by atoms with E-state index in [2.05, 4.69) is 10.4 Å². The van der Waals surface area contributed by atoms with E-state index in [-0.39, 0.29) is 55.2 Å². The molecule has 3 amide bonds. The van der Waals surface area contributed by atoms with Gasteiger partial charge in [0.1, 0.15) is 11.5 Å². The number of nitrogens with one attached hydrogen (secondary N) is 1. The molecule has 0 fully saturated rings. The zero-order chi connectivity index (χ0) is 23.3. The van der Waals surface area contributed by atoms with E-state index in [9.17, 15) is 18.8 Å². The lowest BCUT2D eigenvalue weighted by Gasteiger charge is -2.27. The van der Waals surface area contributed by atoms with Gasteiger partial charge in [-0.2, -0.15) is 5.10 Å². The van der Waals surface area contributed by atoms with Crippen molar-refractivity contribution in [2.45, 2.75) is 40.2 Å². The van der Waals surface area contributed by atoms with Crippen molar-refractivity contribution in [3.8, 4) is 0 Å². The van der Waals surface area contributed by atoms with Crippen LogP contribution < -0.4 is 10.3 Å². The topological polar surface area (TPSA) is 82.1 Å². The molecule has 3 rings (SSSR count). The van der Waals surface area contributed by atoms with Gasteiger partial charge in [0, 0.05) is 25.9 Å². The Kier molecular flexibility index (Phi) is 7.35. The fourth-order valence-corrected chi connectivity index (χ4v) is 3.39. The van der Waals surface area contributed by atoms with E-state index in [4.69, 9.17) is 0 Å². The first-order valence-corrected chi connectivity index (χ1v) is 10.6. The molecule has 2 aromatic rings. The fourth-order valence-electron chi connectivity index (χ4n) is 3.39. The van der Waals surface area contributed by atoms with Crippen molar-refractivity contribution in [1.29, 1.82) is 0 Å². The second-order valence-corrected chi connectivity index (χ2v) is 7.76. The second-order valence-electron chi connectivity index (χ2n) is 7.76. The van der Waals surface area contributed by atoms with Crippen molar-refractivity contribution in [2.75, 3.05) is 18.1 Å². The molecule has 0 atom stereocenters. The van der Waals surface area contributed by atoms with Crippen molar-refractivity contribution in [1.82, 2.24) is 10.2 Å². The van der Waals surface area contributed by atoms with Gasteiger partial charge in [0.15, 0.2) is 0 Å². The number of halogens is 1. The molecule has 0 saturated carbocycles. The van der Waals surface area contributed by atoms with Crippen LogP contribution in [0, 0.1) is 19.7 Å². The van der Waals surface area contributed by atoms with Crippen molar-refractivity contribution < 1.29 is 18.8 Å². The summed E-state index contributed by atoms with van der Waals surface area (Å²) >= 11 is 0. The molecule has 7 nitrogen and oxygen atoms in total. The Bertz CT molecular complexity index is 1050. The largest absolute Gasteiger partial charge is 0.350 e. The van der Waals surface area contributed by atoms with Gasteiger partial charge in [-0.15, -0.1) is 0 Å². The maximum absolute atomic E-state index is 13.0. The standard InChI is InChI=1S/C24H27FN4O3/c1-4-28(15-22(30)26-14-18-7-9-19(25)10-8-18)24(32)20-11-12-23(31)29(27-20)21-13-16(2)5-6-17(21)3/h5-10,13H,4,11-12,14-15H2,1-3H3,(H,26,30). The van der Waals surface area contributed by atoms with Crippen LogP contribution in [0.2, 0.25) is 0 Å². The molecule has 0 aliphatic carbocycles. The zero-order valence-electron chi connectivity index (χ0n) is 18.5. The highest BCUT2D eigenvalue weighted by molar-refractivity contribution is 6.40. The van der Waals surface area contributed by atoms with Crippen LogP contribution >= 0.6 is 0 Å². The minimum atomic E-state index is -0.368. The maximum Gasteiger partial charge on any atom is 0.270 e. The molecule has 8 heteroatoms. The summed E-state index contributed by atoms with van der Waals surface area (Å²) in [7, 11) is 0. The Morgan fingerprint density at radius 1 is 1.12 bits per heavy atom. The number of anilines is 1. The third-order valence-electron chi connectivity index (χ3n) is 5.28. The lowest BCUT2D eigenvalue weighted by atomic mass is 10.1. The quantitative estimate of drug-likeness (QED) is 0.721. The minimum Gasteiger partial charge on any atom is -0.350 e. The van der Waals surface area contributed by atoms with Gasteiger partial charge < -0.3 is 10.2 Å². The average Bonchev–Trinajstić information content (AvgIpc) is 2.78. The number of hydrazone groups is 1. The van der Waals surface area contributed by atoms with E-state index in [0.717, 1.165) is 16.7 Å². The van der Waals surface area contributed by atoms with E-state index in [0.29, 0.717) is 12.2 Å². The fraction of sp³-hybridized carbons (Fsp3) is 0.333. The molecular weight excluding hydrogens is 411 g/mol. The lowest BCUT2D eigenvalue weighted by molar-refractivity contribution is -0.131. The van der Waals surface area contributed by atoms with Crippen LogP contribution in [0.5, 0.6) is 0 Å². The Balaban J connectivity index is 1.69. The summed E-state index contributed by atoms with van der Waals surface area (Å²) in [6, 6.07) is 11.6. The number of likely N-dealkylation sites (N-methyl/N-ethyl adjacent to an activating group) is 1. The van der Waals surface area contributed by atoms with Gasteiger partial charge in [-0.3, -0.25) is 14.4 Å². The predicted octanol–water partition coefficient (Wildman–Crippen LogP) is 3.09. The van der Waals surface area contributed by atoms with Crippen LogP contribution in [-0.4, -0.2) is 41.4 Å². The number of carbonyl (C=O) groups is 3. The summed E-state index contributed by atoms with van der Waals surface area (Å²) in [4.78, 5) is 39.3. The van der Waals surface area contributed by atoms with Crippen molar-refractivity contribution >= 4 is 29.1 Å².